The zero-order chi connectivity index (χ0) is 40.7. The summed E-state index contributed by atoms with van der Waals surface area (Å²) in [4.78, 5) is 2.32. The molecule has 0 aliphatic rings. The third-order valence-electron chi connectivity index (χ3n) is 12.6. The molecule has 0 unspecified atom stereocenters. The van der Waals surface area contributed by atoms with Gasteiger partial charge in [0.15, 0.2) is 5.58 Å². The van der Waals surface area contributed by atoms with Crippen LogP contribution in [0.15, 0.2) is 227 Å². The Morgan fingerprint density at radius 1 is 0.371 bits per heavy atom. The van der Waals surface area contributed by atoms with Crippen LogP contribution >= 0.6 is 0 Å². The molecule has 4 heteroatoms. The monoisotopic (exact) mass is 792 g/mol. The zero-order valence-corrected chi connectivity index (χ0v) is 33.5. The van der Waals surface area contributed by atoms with Crippen molar-refractivity contribution in [2.75, 3.05) is 4.90 Å². The molecule has 0 saturated carbocycles. The van der Waals surface area contributed by atoms with Gasteiger partial charge in [-0.05, 0) is 111 Å². The first-order chi connectivity index (χ1) is 30.8. The molecule has 13 rings (SSSR count). The summed E-state index contributed by atoms with van der Waals surface area (Å²) in [6, 6.07) is 77.8. The van der Waals surface area contributed by atoms with Gasteiger partial charge in [0, 0.05) is 38.6 Å². The van der Waals surface area contributed by atoms with Gasteiger partial charge in [-0.25, -0.2) is 0 Å². The molecule has 0 fully saturated rings. The molecule has 0 N–H and O–H groups in total. The van der Waals surface area contributed by atoms with Gasteiger partial charge in [0.25, 0.3) is 0 Å². The largest absolute Gasteiger partial charge is 0.454 e. The maximum Gasteiger partial charge on any atom is 0.213 e. The van der Waals surface area contributed by atoms with E-state index in [9.17, 15) is 0 Å². The number of hydrogen-bond donors (Lipinski definition) is 0. The first-order valence-electron chi connectivity index (χ1n) is 21.1. The van der Waals surface area contributed by atoms with Crippen LogP contribution in [0.1, 0.15) is 0 Å². The number of aromatic nitrogens is 1. The lowest BCUT2D eigenvalue weighted by atomic mass is 9.93. The minimum absolute atomic E-state index is 0.849. The number of anilines is 3. The number of hydrogen-bond acceptors (Lipinski definition) is 3. The maximum absolute atomic E-state index is 6.76. The summed E-state index contributed by atoms with van der Waals surface area (Å²) in [7, 11) is 0. The van der Waals surface area contributed by atoms with Crippen molar-refractivity contribution in [3.05, 3.63) is 218 Å². The second-order valence-electron chi connectivity index (χ2n) is 16.0. The Labute approximate surface area is 356 Å². The third kappa shape index (κ3) is 5.20. The van der Waals surface area contributed by atoms with Crippen LogP contribution in [-0.4, -0.2) is 4.57 Å². The van der Waals surface area contributed by atoms with Gasteiger partial charge in [-0.1, -0.05) is 152 Å². The van der Waals surface area contributed by atoms with E-state index in [4.69, 9.17) is 8.83 Å². The zero-order valence-electron chi connectivity index (χ0n) is 33.5. The SMILES string of the molecule is c1ccc(-n2c3ccccc3c3c4c(-c5ccc(N(c6ccc(-c7cc8ccccc8c8ccccc78)cc6)c6cccc7c6oc6ccccc67)cc5)cccc4oc32)cc1. The van der Waals surface area contributed by atoms with Gasteiger partial charge in [-0.2, -0.15) is 0 Å². The number of fused-ring (bicyclic) bond motifs is 11. The predicted molar refractivity (Wildman–Crippen MR) is 258 cm³/mol. The standard InChI is InChI=1S/C58H36N2O2/c1-2-15-40(16-3-1)60-51-24-10-8-21-49(51)56-55-44(22-13-27-54(55)62-58(56)60)37-28-32-41(33-29-37)59(52-25-12-23-48-47-20-9-11-26-53(47)61-57(48)52)42-34-30-38(31-35-42)50-36-39-14-4-5-17-43(39)45-18-6-7-19-46(45)50/h1-36H. The van der Waals surface area contributed by atoms with E-state index >= 15 is 0 Å². The minimum atomic E-state index is 0.849. The van der Waals surface area contributed by atoms with E-state index in [2.05, 4.69) is 210 Å². The summed E-state index contributed by atoms with van der Waals surface area (Å²) in [5.74, 6) is 0. The molecule has 0 aliphatic carbocycles. The fourth-order valence-electron chi connectivity index (χ4n) is 9.82. The highest BCUT2D eigenvalue weighted by atomic mass is 16.3. The van der Waals surface area contributed by atoms with Crippen LogP contribution in [0.25, 0.3) is 104 Å². The highest BCUT2D eigenvalue weighted by Crippen LogP contribution is 2.46. The summed E-state index contributed by atoms with van der Waals surface area (Å²) in [6.07, 6.45) is 0. The molecule has 0 amide bonds. The van der Waals surface area contributed by atoms with Gasteiger partial charge in [-0.15, -0.1) is 0 Å². The van der Waals surface area contributed by atoms with Crippen LogP contribution in [-0.2, 0) is 0 Å². The van der Waals surface area contributed by atoms with E-state index in [0.717, 1.165) is 83.4 Å². The summed E-state index contributed by atoms with van der Waals surface area (Å²) in [5, 5.41) is 10.6. The number of para-hydroxylation sites is 4. The van der Waals surface area contributed by atoms with Gasteiger partial charge in [-0.3, -0.25) is 4.57 Å². The van der Waals surface area contributed by atoms with Gasteiger partial charge < -0.3 is 13.7 Å². The smallest absolute Gasteiger partial charge is 0.213 e. The van der Waals surface area contributed by atoms with Crippen molar-refractivity contribution >= 4 is 93.5 Å². The maximum atomic E-state index is 6.76. The average Bonchev–Trinajstić information content (AvgIpc) is 4.01. The molecule has 0 spiro atoms. The quantitative estimate of drug-likeness (QED) is 0.157. The Morgan fingerprint density at radius 2 is 0.968 bits per heavy atom. The molecule has 4 nitrogen and oxygen atoms in total. The molecule has 3 heterocycles. The van der Waals surface area contributed by atoms with Gasteiger partial charge in [0.05, 0.1) is 16.6 Å². The van der Waals surface area contributed by atoms with Crippen LogP contribution in [0, 0.1) is 0 Å². The fraction of sp³-hybridized carbons (Fsp3) is 0. The molecule has 3 aromatic heterocycles. The van der Waals surface area contributed by atoms with Crippen molar-refractivity contribution in [1.82, 2.24) is 4.57 Å². The minimum Gasteiger partial charge on any atom is -0.454 e. The number of rotatable bonds is 6. The van der Waals surface area contributed by atoms with Crippen molar-refractivity contribution in [1.29, 1.82) is 0 Å². The molecule has 10 aromatic carbocycles. The topological polar surface area (TPSA) is 34.5 Å². The number of furan rings is 2. The Kier molecular flexibility index (Phi) is 7.57. The molecule has 0 bridgehead atoms. The van der Waals surface area contributed by atoms with Crippen molar-refractivity contribution in [2.24, 2.45) is 0 Å². The first kappa shape index (κ1) is 34.5. The van der Waals surface area contributed by atoms with Crippen LogP contribution in [0.4, 0.5) is 17.1 Å². The highest BCUT2D eigenvalue weighted by molar-refractivity contribution is 6.24. The van der Waals surface area contributed by atoms with Crippen LogP contribution < -0.4 is 4.90 Å². The van der Waals surface area contributed by atoms with Gasteiger partial charge in [0.1, 0.15) is 11.2 Å². The number of nitrogens with zero attached hydrogens (tertiary/aromatic N) is 2. The van der Waals surface area contributed by atoms with Crippen LogP contribution in [0.5, 0.6) is 0 Å². The van der Waals surface area contributed by atoms with E-state index in [-0.39, 0.29) is 0 Å². The molecule has 290 valence electrons. The summed E-state index contributed by atoms with van der Waals surface area (Å²) in [6.45, 7) is 0. The summed E-state index contributed by atoms with van der Waals surface area (Å²) in [5.41, 5.74) is 13.3. The lowest BCUT2D eigenvalue weighted by Gasteiger charge is -2.26. The fourth-order valence-corrected chi connectivity index (χ4v) is 9.82. The van der Waals surface area contributed by atoms with Crippen molar-refractivity contribution in [2.45, 2.75) is 0 Å². The molecule has 0 radical (unpaired) electrons. The second-order valence-corrected chi connectivity index (χ2v) is 16.0. The lowest BCUT2D eigenvalue weighted by molar-refractivity contribution is 0.645. The van der Waals surface area contributed by atoms with E-state index in [0.29, 0.717) is 0 Å². The first-order valence-corrected chi connectivity index (χ1v) is 21.1. The van der Waals surface area contributed by atoms with Crippen LogP contribution in [0.3, 0.4) is 0 Å². The molecule has 62 heavy (non-hydrogen) atoms. The molecule has 13 aromatic rings. The summed E-state index contributed by atoms with van der Waals surface area (Å²) < 4.78 is 15.7. The third-order valence-corrected chi connectivity index (χ3v) is 12.6. The normalized spacial score (nSPS) is 11.9. The molecular formula is C58H36N2O2. The second kappa shape index (κ2) is 13.6. The molecule has 0 aliphatic heterocycles. The molecule has 0 saturated heterocycles. The highest BCUT2D eigenvalue weighted by Gasteiger charge is 2.23. The van der Waals surface area contributed by atoms with Crippen molar-refractivity contribution in [3.8, 4) is 27.9 Å². The Morgan fingerprint density at radius 3 is 1.76 bits per heavy atom. The van der Waals surface area contributed by atoms with E-state index in [1.807, 2.05) is 18.2 Å². The average molecular weight is 793 g/mol. The van der Waals surface area contributed by atoms with Gasteiger partial charge >= 0.3 is 0 Å². The van der Waals surface area contributed by atoms with Gasteiger partial charge in [0.2, 0.25) is 5.71 Å². The molecular weight excluding hydrogens is 757 g/mol. The van der Waals surface area contributed by atoms with E-state index in [1.54, 1.807) is 0 Å². The number of benzene rings is 10. The van der Waals surface area contributed by atoms with Crippen molar-refractivity contribution < 1.29 is 8.83 Å². The van der Waals surface area contributed by atoms with E-state index in [1.165, 1.54) is 38.1 Å². The Balaban J connectivity index is 0.972. The Hall–Kier alpha value is -8.34. The summed E-state index contributed by atoms with van der Waals surface area (Å²) >= 11 is 0. The lowest BCUT2D eigenvalue weighted by Crippen LogP contribution is -2.10. The predicted octanol–water partition coefficient (Wildman–Crippen LogP) is 16.5. The van der Waals surface area contributed by atoms with E-state index < -0.39 is 0 Å². The van der Waals surface area contributed by atoms with Crippen LogP contribution in [0.2, 0.25) is 0 Å². The Bertz CT molecular complexity index is 3850. The molecule has 0 atom stereocenters. The van der Waals surface area contributed by atoms with Crippen molar-refractivity contribution in [3.63, 3.8) is 0 Å².